The van der Waals surface area contributed by atoms with Gasteiger partial charge in [0, 0.05) is 18.7 Å². The first kappa shape index (κ1) is 17.0. The molecule has 3 aromatic rings. The Morgan fingerprint density at radius 3 is 2.80 bits per heavy atom. The van der Waals surface area contributed by atoms with Crippen molar-refractivity contribution in [3.63, 3.8) is 0 Å². The minimum absolute atomic E-state index is 0.0791. The fourth-order valence-electron chi connectivity index (χ4n) is 2.38. The van der Waals surface area contributed by atoms with E-state index in [-0.39, 0.29) is 13.2 Å². The highest BCUT2D eigenvalue weighted by atomic mass is 19.1. The van der Waals surface area contributed by atoms with E-state index in [9.17, 15) is 4.39 Å². The third-order valence-corrected chi connectivity index (χ3v) is 3.74. The van der Waals surface area contributed by atoms with Crippen molar-refractivity contribution in [3.8, 4) is 5.75 Å². The molecule has 2 aromatic carbocycles. The number of rotatable bonds is 8. The maximum atomic E-state index is 12.6. The molecule has 0 saturated carbocycles. The molecule has 0 fully saturated rings. The van der Waals surface area contributed by atoms with E-state index in [2.05, 4.69) is 22.4 Å². The third kappa shape index (κ3) is 4.36. The van der Waals surface area contributed by atoms with Gasteiger partial charge in [-0.25, -0.2) is 4.39 Å². The van der Waals surface area contributed by atoms with Gasteiger partial charge in [0.1, 0.15) is 12.4 Å². The number of nitrogens with zero attached hydrogens (tertiary/aromatic N) is 1. The van der Waals surface area contributed by atoms with Crippen LogP contribution in [0.15, 0.2) is 64.9 Å². The number of fused-ring (bicyclic) bond motifs is 1. The van der Waals surface area contributed by atoms with E-state index in [1.54, 1.807) is 12.1 Å². The van der Waals surface area contributed by atoms with Crippen molar-refractivity contribution in [2.45, 2.75) is 6.42 Å². The number of ether oxygens (including phenoxy) is 1. The van der Waals surface area contributed by atoms with Gasteiger partial charge < -0.3 is 20.2 Å². The minimum Gasteiger partial charge on any atom is -0.487 e. The predicted molar refractivity (Wildman–Crippen MR) is 96.4 cm³/mol. The molecule has 0 amide bonds. The lowest BCUT2D eigenvalue weighted by Crippen LogP contribution is -2.10. The summed E-state index contributed by atoms with van der Waals surface area (Å²) in [4.78, 5) is 4.43. The van der Waals surface area contributed by atoms with Gasteiger partial charge in [-0.15, -0.1) is 0 Å². The Labute approximate surface area is 145 Å². The first-order valence-electron chi connectivity index (χ1n) is 8.08. The maximum absolute atomic E-state index is 12.6. The van der Waals surface area contributed by atoms with Crippen molar-refractivity contribution in [1.29, 1.82) is 0 Å². The maximum Gasteiger partial charge on any atom is 0.295 e. The van der Waals surface area contributed by atoms with Crippen LogP contribution in [-0.2, 0) is 6.42 Å². The van der Waals surface area contributed by atoms with Gasteiger partial charge >= 0.3 is 0 Å². The highest BCUT2D eigenvalue weighted by Crippen LogP contribution is 2.28. The van der Waals surface area contributed by atoms with Crippen LogP contribution >= 0.6 is 0 Å². The second kappa shape index (κ2) is 8.30. The van der Waals surface area contributed by atoms with Crippen LogP contribution in [-0.4, -0.2) is 24.7 Å². The summed E-state index contributed by atoms with van der Waals surface area (Å²) in [7, 11) is 0. The van der Waals surface area contributed by atoms with Gasteiger partial charge in [-0.2, -0.15) is 4.98 Å². The molecule has 130 valence electrons. The fraction of sp³-hybridized carbons (Fsp3) is 0.211. The van der Waals surface area contributed by atoms with E-state index in [4.69, 9.17) is 14.9 Å². The van der Waals surface area contributed by atoms with E-state index in [1.165, 1.54) is 5.56 Å². The molecule has 5 nitrogen and oxygen atoms in total. The van der Waals surface area contributed by atoms with Crippen LogP contribution in [0.2, 0.25) is 0 Å². The summed E-state index contributed by atoms with van der Waals surface area (Å²) in [5.41, 5.74) is 8.26. The molecule has 0 saturated heterocycles. The number of anilines is 1. The van der Waals surface area contributed by atoms with Gasteiger partial charge in [-0.3, -0.25) is 0 Å². The number of para-hydroxylation sites is 1. The number of hydrogen-bond donors (Lipinski definition) is 2. The van der Waals surface area contributed by atoms with Crippen LogP contribution < -0.4 is 15.8 Å². The summed E-state index contributed by atoms with van der Waals surface area (Å²) in [5.74, 6) is 0.533. The average Bonchev–Trinajstić information content (AvgIpc) is 3.07. The Morgan fingerprint density at radius 1 is 1.20 bits per heavy atom. The van der Waals surface area contributed by atoms with Crippen LogP contribution in [0.3, 0.4) is 0 Å². The van der Waals surface area contributed by atoms with Gasteiger partial charge in [0.05, 0.1) is 6.33 Å². The van der Waals surface area contributed by atoms with Gasteiger partial charge in [-0.1, -0.05) is 36.4 Å². The van der Waals surface area contributed by atoms with E-state index in [1.807, 2.05) is 24.3 Å². The molecule has 0 unspecified atom stereocenters. The lowest BCUT2D eigenvalue weighted by molar-refractivity contribution is 0.351. The van der Waals surface area contributed by atoms with E-state index in [0.29, 0.717) is 41.3 Å². The third-order valence-electron chi connectivity index (χ3n) is 3.74. The Hall–Kier alpha value is -2.86. The van der Waals surface area contributed by atoms with Crippen LogP contribution in [0.4, 0.5) is 10.4 Å². The summed E-state index contributed by atoms with van der Waals surface area (Å²) in [6.45, 7) is 0.891. The second-order valence-electron chi connectivity index (χ2n) is 5.54. The van der Waals surface area contributed by atoms with Gasteiger partial charge in [0.2, 0.25) is 0 Å². The molecule has 1 heterocycles. The molecule has 25 heavy (non-hydrogen) atoms. The zero-order valence-electron chi connectivity index (χ0n) is 13.7. The first-order chi connectivity index (χ1) is 12.3. The quantitative estimate of drug-likeness (QED) is 0.654. The zero-order chi connectivity index (χ0) is 17.5. The van der Waals surface area contributed by atoms with Crippen molar-refractivity contribution >= 4 is 17.1 Å². The molecule has 3 N–H and O–H groups in total. The topological polar surface area (TPSA) is 73.3 Å². The van der Waals surface area contributed by atoms with Crippen LogP contribution in [0.25, 0.3) is 11.1 Å². The summed E-state index contributed by atoms with van der Waals surface area (Å²) < 4.78 is 23.9. The minimum atomic E-state index is 0.0791. The molecule has 6 heteroatoms. The predicted octanol–water partition coefficient (Wildman–Crippen LogP) is 3.67. The number of oxazole rings is 1. The van der Waals surface area contributed by atoms with E-state index in [0.717, 1.165) is 6.42 Å². The number of hydrogen-bond acceptors (Lipinski definition) is 5. The van der Waals surface area contributed by atoms with Crippen LogP contribution in [0, 0.1) is 0 Å². The monoisotopic (exact) mass is 341 g/mol. The molecular weight excluding hydrogens is 321 g/mol. The summed E-state index contributed by atoms with van der Waals surface area (Å²) >= 11 is 0. The molecule has 0 radical (unpaired) electrons. The molecule has 0 spiro atoms. The van der Waals surface area contributed by atoms with Crippen molar-refractivity contribution in [1.82, 2.24) is 4.98 Å². The highest BCUT2D eigenvalue weighted by Gasteiger charge is 2.11. The van der Waals surface area contributed by atoms with Crippen LogP contribution in [0.1, 0.15) is 5.56 Å². The zero-order valence-corrected chi connectivity index (χ0v) is 13.7. The van der Waals surface area contributed by atoms with Crippen molar-refractivity contribution in [2.24, 2.45) is 5.73 Å². The molecule has 0 aliphatic carbocycles. The number of halogens is 1. The van der Waals surface area contributed by atoms with Crippen LogP contribution in [0.5, 0.6) is 5.75 Å². The number of nitrogens with two attached hydrogens (primary N) is 1. The first-order valence-corrected chi connectivity index (χ1v) is 8.08. The van der Waals surface area contributed by atoms with E-state index < -0.39 is 0 Å². The molecule has 0 atom stereocenters. The molecule has 0 aliphatic rings. The SMILES string of the molecule is NCC(=CF)COc1cccc2oc(NCCc3ccccc3)nc12. The lowest BCUT2D eigenvalue weighted by atomic mass is 10.1. The molecular formula is C19H20FN3O2. The number of aromatic nitrogens is 1. The van der Waals surface area contributed by atoms with Gasteiger partial charge in [-0.05, 0) is 24.1 Å². The van der Waals surface area contributed by atoms with E-state index >= 15 is 0 Å². The molecule has 0 bridgehead atoms. The van der Waals surface area contributed by atoms with Gasteiger partial charge in [0.15, 0.2) is 11.1 Å². The second-order valence-corrected chi connectivity index (χ2v) is 5.54. The summed E-state index contributed by atoms with van der Waals surface area (Å²) in [5, 5.41) is 3.17. The average molecular weight is 341 g/mol. The normalized spacial score (nSPS) is 11.7. The fourth-order valence-corrected chi connectivity index (χ4v) is 2.38. The number of benzene rings is 2. The van der Waals surface area contributed by atoms with Crippen molar-refractivity contribution < 1.29 is 13.5 Å². The Balaban J connectivity index is 1.66. The van der Waals surface area contributed by atoms with Gasteiger partial charge in [0.25, 0.3) is 6.01 Å². The standard InChI is InChI=1S/C19H20FN3O2/c20-11-15(12-21)13-24-16-7-4-8-17-18(16)23-19(25-17)22-10-9-14-5-2-1-3-6-14/h1-8,11H,9-10,12-13,21H2,(H,22,23). The lowest BCUT2D eigenvalue weighted by Gasteiger charge is -2.06. The largest absolute Gasteiger partial charge is 0.487 e. The Bertz CT molecular complexity index is 846. The number of nitrogens with one attached hydrogen (secondary N) is 1. The Kier molecular flexibility index (Phi) is 5.64. The highest BCUT2D eigenvalue weighted by molar-refractivity contribution is 5.81. The Morgan fingerprint density at radius 2 is 2.04 bits per heavy atom. The molecule has 3 rings (SSSR count). The van der Waals surface area contributed by atoms with Crippen molar-refractivity contribution in [3.05, 3.63) is 66.0 Å². The smallest absolute Gasteiger partial charge is 0.295 e. The summed E-state index contributed by atoms with van der Waals surface area (Å²) in [6.07, 6.45) is 1.34. The summed E-state index contributed by atoms with van der Waals surface area (Å²) in [6, 6.07) is 16.0. The van der Waals surface area contributed by atoms with Crippen molar-refractivity contribution in [2.75, 3.05) is 25.0 Å². The molecule has 1 aromatic heterocycles. The molecule has 0 aliphatic heterocycles.